The van der Waals surface area contributed by atoms with E-state index in [0.717, 1.165) is 37.4 Å². The zero-order valence-electron chi connectivity index (χ0n) is 17.4. The second-order valence-corrected chi connectivity index (χ2v) is 8.31. The molecule has 152 valence electrons. The van der Waals surface area contributed by atoms with Crippen LogP contribution in [-0.4, -0.2) is 62.8 Å². The van der Waals surface area contributed by atoms with Crippen LogP contribution < -0.4 is 4.74 Å². The number of hydrogen-bond donors (Lipinski definition) is 0. The van der Waals surface area contributed by atoms with Crippen molar-refractivity contribution in [2.75, 3.05) is 47.0 Å². The predicted molar refractivity (Wildman–Crippen MR) is 111 cm³/mol. The molecule has 3 rings (SSSR count). The van der Waals surface area contributed by atoms with Gasteiger partial charge in [0.25, 0.3) is 0 Å². The summed E-state index contributed by atoms with van der Waals surface area (Å²) >= 11 is 0. The summed E-state index contributed by atoms with van der Waals surface area (Å²) in [5.41, 5.74) is 1.31. The van der Waals surface area contributed by atoms with E-state index in [1.807, 2.05) is 7.11 Å². The molecule has 1 aromatic rings. The monoisotopic (exact) mass is 374 g/mol. The lowest BCUT2D eigenvalue weighted by atomic mass is 9.91. The predicted octanol–water partition coefficient (Wildman–Crippen LogP) is 4.19. The molecule has 0 atom stereocenters. The third-order valence-corrected chi connectivity index (χ3v) is 6.46. The molecule has 2 fully saturated rings. The molecule has 4 heteroatoms. The Kier molecular flexibility index (Phi) is 8.43. The SMILES string of the molecule is COCCN(CC1CCN(Cc2ccccc2OC)CC1)C1CCCCC1. The van der Waals surface area contributed by atoms with Crippen LogP contribution in [0.25, 0.3) is 0 Å². The minimum absolute atomic E-state index is 0.792. The van der Waals surface area contributed by atoms with Gasteiger partial charge in [-0.2, -0.15) is 0 Å². The van der Waals surface area contributed by atoms with E-state index in [4.69, 9.17) is 9.47 Å². The Hall–Kier alpha value is -1.10. The second-order valence-electron chi connectivity index (χ2n) is 8.31. The lowest BCUT2D eigenvalue weighted by molar-refractivity contribution is 0.0707. The Morgan fingerprint density at radius 3 is 2.44 bits per heavy atom. The van der Waals surface area contributed by atoms with Crippen molar-refractivity contribution in [1.82, 2.24) is 9.80 Å². The van der Waals surface area contributed by atoms with Gasteiger partial charge in [0, 0.05) is 38.3 Å². The van der Waals surface area contributed by atoms with Gasteiger partial charge in [-0.25, -0.2) is 0 Å². The first-order chi connectivity index (χ1) is 13.3. The van der Waals surface area contributed by atoms with Gasteiger partial charge >= 0.3 is 0 Å². The van der Waals surface area contributed by atoms with Crippen LogP contribution in [0.4, 0.5) is 0 Å². The summed E-state index contributed by atoms with van der Waals surface area (Å²) in [6, 6.07) is 9.22. The molecule has 2 aliphatic rings. The van der Waals surface area contributed by atoms with E-state index in [9.17, 15) is 0 Å². The number of nitrogens with zero attached hydrogens (tertiary/aromatic N) is 2. The summed E-state index contributed by atoms with van der Waals surface area (Å²) < 4.78 is 10.9. The summed E-state index contributed by atoms with van der Waals surface area (Å²) in [5.74, 6) is 1.85. The molecule has 4 nitrogen and oxygen atoms in total. The van der Waals surface area contributed by atoms with Crippen molar-refractivity contribution in [1.29, 1.82) is 0 Å². The molecule has 0 amide bonds. The maximum Gasteiger partial charge on any atom is 0.123 e. The Morgan fingerprint density at radius 2 is 1.74 bits per heavy atom. The van der Waals surface area contributed by atoms with Crippen LogP contribution >= 0.6 is 0 Å². The topological polar surface area (TPSA) is 24.9 Å². The molecule has 1 heterocycles. The number of methoxy groups -OCH3 is 2. The van der Waals surface area contributed by atoms with Crippen LogP contribution in [0.5, 0.6) is 5.75 Å². The van der Waals surface area contributed by atoms with Gasteiger partial charge in [0.15, 0.2) is 0 Å². The maximum absolute atomic E-state index is 5.52. The molecular formula is C23H38N2O2. The number of para-hydroxylation sites is 1. The molecule has 0 bridgehead atoms. The molecular weight excluding hydrogens is 336 g/mol. The van der Waals surface area contributed by atoms with Gasteiger partial charge in [-0.3, -0.25) is 9.80 Å². The van der Waals surface area contributed by atoms with Crippen molar-refractivity contribution in [3.05, 3.63) is 29.8 Å². The van der Waals surface area contributed by atoms with Crippen molar-refractivity contribution in [3.8, 4) is 5.75 Å². The second kappa shape index (κ2) is 11.0. The number of ether oxygens (including phenoxy) is 2. The van der Waals surface area contributed by atoms with Gasteiger partial charge < -0.3 is 9.47 Å². The highest BCUT2D eigenvalue weighted by Gasteiger charge is 2.26. The van der Waals surface area contributed by atoms with Crippen LogP contribution in [0, 0.1) is 5.92 Å². The van der Waals surface area contributed by atoms with Crippen LogP contribution in [0.3, 0.4) is 0 Å². The Labute approximate surface area is 165 Å². The molecule has 1 aromatic carbocycles. The summed E-state index contributed by atoms with van der Waals surface area (Å²) in [5, 5.41) is 0. The van der Waals surface area contributed by atoms with E-state index >= 15 is 0 Å². The van der Waals surface area contributed by atoms with E-state index in [1.54, 1.807) is 7.11 Å². The van der Waals surface area contributed by atoms with Crippen molar-refractivity contribution >= 4 is 0 Å². The van der Waals surface area contributed by atoms with E-state index in [-0.39, 0.29) is 0 Å². The van der Waals surface area contributed by atoms with Gasteiger partial charge in [0.1, 0.15) is 5.75 Å². The minimum Gasteiger partial charge on any atom is -0.496 e. The average Bonchev–Trinajstić information content (AvgIpc) is 2.73. The molecule has 0 spiro atoms. The summed E-state index contributed by atoms with van der Waals surface area (Å²) in [4.78, 5) is 5.34. The van der Waals surface area contributed by atoms with Crippen molar-refractivity contribution in [2.24, 2.45) is 5.92 Å². The Morgan fingerprint density at radius 1 is 1.00 bits per heavy atom. The highest BCUT2D eigenvalue weighted by molar-refractivity contribution is 5.33. The smallest absolute Gasteiger partial charge is 0.123 e. The number of benzene rings is 1. The van der Waals surface area contributed by atoms with Gasteiger partial charge in [-0.05, 0) is 50.8 Å². The Bertz CT molecular complexity index is 537. The highest BCUT2D eigenvalue weighted by Crippen LogP contribution is 2.27. The average molecular weight is 375 g/mol. The van der Waals surface area contributed by atoms with E-state index < -0.39 is 0 Å². The van der Waals surface area contributed by atoms with Gasteiger partial charge in [0.05, 0.1) is 13.7 Å². The molecule has 1 aliphatic heterocycles. The van der Waals surface area contributed by atoms with Gasteiger partial charge in [0.2, 0.25) is 0 Å². The van der Waals surface area contributed by atoms with Gasteiger partial charge in [-0.1, -0.05) is 37.5 Å². The normalized spacial score (nSPS) is 20.3. The number of rotatable bonds is 9. The Balaban J connectivity index is 1.48. The van der Waals surface area contributed by atoms with Crippen molar-refractivity contribution in [2.45, 2.75) is 57.5 Å². The third-order valence-electron chi connectivity index (χ3n) is 6.46. The molecule has 27 heavy (non-hydrogen) atoms. The van der Waals surface area contributed by atoms with Crippen LogP contribution in [0.2, 0.25) is 0 Å². The molecule has 1 saturated heterocycles. The van der Waals surface area contributed by atoms with Crippen LogP contribution in [0.1, 0.15) is 50.5 Å². The maximum atomic E-state index is 5.52. The zero-order chi connectivity index (χ0) is 18.9. The first-order valence-electron chi connectivity index (χ1n) is 10.9. The lowest BCUT2D eigenvalue weighted by Crippen LogP contribution is -2.44. The fraction of sp³-hybridized carbons (Fsp3) is 0.739. The molecule has 0 radical (unpaired) electrons. The standard InChI is InChI=1S/C23H38N2O2/c1-26-17-16-25(22-9-4-3-5-10-22)18-20-12-14-24(15-13-20)19-21-8-6-7-11-23(21)27-2/h6-8,11,20,22H,3-5,9-10,12-19H2,1-2H3. The summed E-state index contributed by atoms with van der Waals surface area (Å²) in [6.07, 6.45) is 9.64. The lowest BCUT2D eigenvalue weighted by Gasteiger charge is -2.39. The van der Waals surface area contributed by atoms with E-state index in [1.165, 1.54) is 70.1 Å². The highest BCUT2D eigenvalue weighted by atomic mass is 16.5. The third kappa shape index (κ3) is 6.20. The fourth-order valence-electron chi connectivity index (χ4n) is 4.81. The van der Waals surface area contributed by atoms with Crippen molar-refractivity contribution < 1.29 is 9.47 Å². The van der Waals surface area contributed by atoms with Crippen LogP contribution in [-0.2, 0) is 11.3 Å². The largest absolute Gasteiger partial charge is 0.496 e. The number of hydrogen-bond acceptors (Lipinski definition) is 4. The zero-order valence-corrected chi connectivity index (χ0v) is 17.4. The molecule has 0 aromatic heterocycles. The number of likely N-dealkylation sites (tertiary alicyclic amines) is 1. The summed E-state index contributed by atoms with van der Waals surface area (Å²) in [6.45, 7) is 6.63. The fourth-order valence-corrected chi connectivity index (χ4v) is 4.81. The van der Waals surface area contributed by atoms with E-state index in [2.05, 4.69) is 34.1 Å². The molecule has 0 N–H and O–H groups in total. The number of piperidine rings is 1. The summed E-state index contributed by atoms with van der Waals surface area (Å²) in [7, 11) is 3.60. The quantitative estimate of drug-likeness (QED) is 0.647. The van der Waals surface area contributed by atoms with E-state index in [0.29, 0.717) is 0 Å². The first-order valence-corrected chi connectivity index (χ1v) is 10.9. The molecule has 0 unspecified atom stereocenters. The van der Waals surface area contributed by atoms with Gasteiger partial charge in [-0.15, -0.1) is 0 Å². The molecule has 1 aliphatic carbocycles. The van der Waals surface area contributed by atoms with Crippen molar-refractivity contribution in [3.63, 3.8) is 0 Å². The van der Waals surface area contributed by atoms with Crippen LogP contribution in [0.15, 0.2) is 24.3 Å². The first kappa shape index (κ1) is 20.6. The minimum atomic E-state index is 0.792. The molecule has 1 saturated carbocycles.